The first-order chi connectivity index (χ1) is 7.24. The third-order valence-electron chi connectivity index (χ3n) is 2.75. The first-order valence-electron chi connectivity index (χ1n) is 5.10. The van der Waals surface area contributed by atoms with E-state index in [2.05, 4.69) is 13.0 Å². The van der Waals surface area contributed by atoms with Crippen LogP contribution in [0.25, 0.3) is 0 Å². The first-order valence-corrected chi connectivity index (χ1v) is 5.10. The van der Waals surface area contributed by atoms with E-state index < -0.39 is 0 Å². The predicted octanol–water partition coefficient (Wildman–Crippen LogP) is 2.17. The summed E-state index contributed by atoms with van der Waals surface area (Å²) in [4.78, 5) is 0. The maximum absolute atomic E-state index is 5.60. The number of ether oxygens (including phenoxy) is 3. The van der Waals surface area contributed by atoms with Crippen LogP contribution in [-0.2, 0) is 17.8 Å². The Morgan fingerprint density at radius 2 is 2.07 bits per heavy atom. The average Bonchev–Trinajstić information content (AvgIpc) is 2.26. The lowest BCUT2D eigenvalue weighted by Gasteiger charge is -2.24. The molecule has 1 aliphatic rings. The summed E-state index contributed by atoms with van der Waals surface area (Å²) in [5.74, 6) is 1.70. The van der Waals surface area contributed by atoms with E-state index in [1.54, 1.807) is 14.2 Å². The molecule has 0 N–H and O–H groups in total. The standard InChI is InChI=1S/C12H16O3/c1-8-4-9-5-10(13-2)6-12(14-3)11(9)7-15-8/h5-6,8H,4,7H2,1-3H3/t8-/m0/s1. The molecule has 1 heterocycles. The van der Waals surface area contributed by atoms with E-state index in [0.717, 1.165) is 23.5 Å². The maximum Gasteiger partial charge on any atom is 0.128 e. The molecule has 0 saturated heterocycles. The summed E-state index contributed by atoms with van der Waals surface area (Å²) in [6.07, 6.45) is 1.19. The van der Waals surface area contributed by atoms with E-state index in [4.69, 9.17) is 14.2 Å². The van der Waals surface area contributed by atoms with Gasteiger partial charge in [-0.2, -0.15) is 0 Å². The van der Waals surface area contributed by atoms with Gasteiger partial charge in [-0.05, 0) is 25.0 Å². The van der Waals surface area contributed by atoms with Gasteiger partial charge in [0, 0.05) is 11.6 Å². The minimum Gasteiger partial charge on any atom is -0.497 e. The lowest BCUT2D eigenvalue weighted by atomic mass is 9.98. The first kappa shape index (κ1) is 10.3. The summed E-state index contributed by atoms with van der Waals surface area (Å²) in [5.41, 5.74) is 2.42. The van der Waals surface area contributed by atoms with Crippen molar-refractivity contribution in [1.82, 2.24) is 0 Å². The van der Waals surface area contributed by atoms with Crippen LogP contribution in [0.2, 0.25) is 0 Å². The third kappa shape index (κ3) is 1.92. The normalized spacial score (nSPS) is 19.5. The summed E-state index contributed by atoms with van der Waals surface area (Å²) in [6.45, 7) is 2.71. The number of benzene rings is 1. The molecule has 0 unspecified atom stereocenters. The van der Waals surface area contributed by atoms with E-state index in [9.17, 15) is 0 Å². The molecule has 0 amide bonds. The van der Waals surface area contributed by atoms with Crippen LogP contribution in [0.15, 0.2) is 12.1 Å². The van der Waals surface area contributed by atoms with Gasteiger partial charge in [0.05, 0.1) is 26.9 Å². The summed E-state index contributed by atoms with van der Waals surface area (Å²) < 4.78 is 16.2. The van der Waals surface area contributed by atoms with Gasteiger partial charge >= 0.3 is 0 Å². The van der Waals surface area contributed by atoms with Gasteiger partial charge < -0.3 is 14.2 Å². The largest absolute Gasteiger partial charge is 0.497 e. The molecule has 0 aromatic heterocycles. The zero-order valence-electron chi connectivity index (χ0n) is 9.37. The third-order valence-corrected chi connectivity index (χ3v) is 2.75. The van der Waals surface area contributed by atoms with Crippen molar-refractivity contribution in [3.8, 4) is 11.5 Å². The molecule has 1 aliphatic heterocycles. The Labute approximate surface area is 90.0 Å². The fourth-order valence-electron chi connectivity index (χ4n) is 1.92. The van der Waals surface area contributed by atoms with E-state index >= 15 is 0 Å². The van der Waals surface area contributed by atoms with Crippen LogP contribution in [0.3, 0.4) is 0 Å². The van der Waals surface area contributed by atoms with E-state index in [-0.39, 0.29) is 6.10 Å². The number of fused-ring (bicyclic) bond motifs is 1. The Hall–Kier alpha value is -1.22. The molecule has 0 bridgehead atoms. The van der Waals surface area contributed by atoms with Crippen molar-refractivity contribution in [2.75, 3.05) is 14.2 Å². The molecule has 0 fully saturated rings. The van der Waals surface area contributed by atoms with Gasteiger partial charge in [0.2, 0.25) is 0 Å². The van der Waals surface area contributed by atoms with Crippen molar-refractivity contribution in [2.24, 2.45) is 0 Å². The number of hydrogen-bond donors (Lipinski definition) is 0. The Kier molecular flexibility index (Phi) is 2.82. The Balaban J connectivity index is 2.44. The van der Waals surface area contributed by atoms with Gasteiger partial charge in [-0.1, -0.05) is 0 Å². The lowest BCUT2D eigenvalue weighted by molar-refractivity contribution is 0.0395. The van der Waals surface area contributed by atoms with Crippen LogP contribution in [0.1, 0.15) is 18.1 Å². The van der Waals surface area contributed by atoms with Crippen LogP contribution in [-0.4, -0.2) is 20.3 Å². The summed E-state index contributed by atoms with van der Waals surface area (Å²) in [7, 11) is 3.34. The molecule has 0 spiro atoms. The summed E-state index contributed by atoms with van der Waals surface area (Å²) in [5, 5.41) is 0. The van der Waals surface area contributed by atoms with Gasteiger partial charge in [-0.15, -0.1) is 0 Å². The predicted molar refractivity (Wildman–Crippen MR) is 57.5 cm³/mol. The summed E-state index contributed by atoms with van der Waals surface area (Å²) >= 11 is 0. The molecule has 15 heavy (non-hydrogen) atoms. The molecule has 3 heteroatoms. The van der Waals surface area contributed by atoms with Crippen molar-refractivity contribution in [3.63, 3.8) is 0 Å². The molecule has 0 radical (unpaired) electrons. The van der Waals surface area contributed by atoms with E-state index in [1.165, 1.54) is 5.56 Å². The van der Waals surface area contributed by atoms with Gasteiger partial charge in [-0.25, -0.2) is 0 Å². The van der Waals surface area contributed by atoms with Gasteiger partial charge in [0.15, 0.2) is 0 Å². The fraction of sp³-hybridized carbons (Fsp3) is 0.500. The molecular weight excluding hydrogens is 192 g/mol. The Bertz CT molecular complexity index is 360. The lowest BCUT2D eigenvalue weighted by Crippen LogP contribution is -2.19. The topological polar surface area (TPSA) is 27.7 Å². The fourth-order valence-corrected chi connectivity index (χ4v) is 1.92. The molecule has 2 rings (SSSR count). The highest BCUT2D eigenvalue weighted by Gasteiger charge is 2.20. The molecule has 3 nitrogen and oxygen atoms in total. The van der Waals surface area contributed by atoms with Gasteiger partial charge in [0.1, 0.15) is 11.5 Å². The SMILES string of the molecule is COc1cc2c(c(OC)c1)CO[C@@H](C)C2. The van der Waals surface area contributed by atoms with E-state index in [0.29, 0.717) is 6.61 Å². The van der Waals surface area contributed by atoms with Crippen LogP contribution in [0.4, 0.5) is 0 Å². The minimum atomic E-state index is 0.273. The van der Waals surface area contributed by atoms with Crippen LogP contribution in [0.5, 0.6) is 11.5 Å². The number of methoxy groups -OCH3 is 2. The van der Waals surface area contributed by atoms with Crippen molar-refractivity contribution in [1.29, 1.82) is 0 Å². The molecule has 1 atom stereocenters. The highest BCUT2D eigenvalue weighted by molar-refractivity contribution is 5.47. The van der Waals surface area contributed by atoms with Crippen molar-refractivity contribution < 1.29 is 14.2 Å². The number of rotatable bonds is 2. The second-order valence-corrected chi connectivity index (χ2v) is 3.79. The maximum atomic E-state index is 5.60. The van der Waals surface area contributed by atoms with Crippen LogP contribution >= 0.6 is 0 Å². The van der Waals surface area contributed by atoms with E-state index in [1.807, 2.05) is 6.07 Å². The molecular formula is C12H16O3. The van der Waals surface area contributed by atoms with Crippen molar-refractivity contribution in [3.05, 3.63) is 23.3 Å². The number of hydrogen-bond acceptors (Lipinski definition) is 3. The highest BCUT2D eigenvalue weighted by atomic mass is 16.5. The average molecular weight is 208 g/mol. The molecule has 1 aromatic rings. The zero-order chi connectivity index (χ0) is 10.8. The quantitative estimate of drug-likeness (QED) is 0.745. The molecule has 1 aromatic carbocycles. The summed E-state index contributed by atoms with van der Waals surface area (Å²) in [6, 6.07) is 3.97. The monoisotopic (exact) mass is 208 g/mol. The molecule has 0 saturated carbocycles. The Morgan fingerprint density at radius 3 is 2.73 bits per heavy atom. The second-order valence-electron chi connectivity index (χ2n) is 3.79. The second kappa shape index (κ2) is 4.11. The van der Waals surface area contributed by atoms with Gasteiger partial charge in [0.25, 0.3) is 0 Å². The zero-order valence-corrected chi connectivity index (χ0v) is 9.37. The van der Waals surface area contributed by atoms with Crippen molar-refractivity contribution >= 4 is 0 Å². The van der Waals surface area contributed by atoms with Crippen LogP contribution < -0.4 is 9.47 Å². The smallest absolute Gasteiger partial charge is 0.128 e. The Morgan fingerprint density at radius 1 is 1.27 bits per heavy atom. The van der Waals surface area contributed by atoms with Crippen LogP contribution in [0, 0.1) is 0 Å². The molecule has 82 valence electrons. The minimum absolute atomic E-state index is 0.273. The highest BCUT2D eigenvalue weighted by Crippen LogP contribution is 2.33. The van der Waals surface area contributed by atoms with Crippen molar-refractivity contribution in [2.45, 2.75) is 26.1 Å². The van der Waals surface area contributed by atoms with Gasteiger partial charge in [-0.3, -0.25) is 0 Å². The molecule has 0 aliphatic carbocycles.